The Labute approximate surface area is 138 Å². The molecule has 0 bridgehead atoms. The Bertz CT molecular complexity index is 316. The van der Waals surface area contributed by atoms with Crippen LogP contribution in [0.5, 0.6) is 0 Å². The van der Waals surface area contributed by atoms with Gasteiger partial charge in [0, 0.05) is 13.1 Å². The molecule has 1 saturated carbocycles. The highest BCUT2D eigenvalue weighted by Gasteiger charge is 2.42. The standard InChI is InChI=1S/C20H39NO/c1-16-8-6-10-18(12-16)13-19(3,4)20(5,22)15-21-11-7-9-17(2)14-21/h16-18,22H,6-15H2,1-5H3. The maximum absolute atomic E-state index is 11.2. The third-order valence-electron chi connectivity index (χ3n) is 6.57. The van der Waals surface area contributed by atoms with Crippen molar-refractivity contribution in [2.24, 2.45) is 23.2 Å². The highest BCUT2D eigenvalue weighted by atomic mass is 16.3. The zero-order valence-electron chi connectivity index (χ0n) is 15.7. The van der Waals surface area contributed by atoms with Gasteiger partial charge in [-0.1, -0.05) is 47.0 Å². The second-order valence-corrected chi connectivity index (χ2v) is 9.48. The molecule has 1 N–H and O–H groups in total. The Hall–Kier alpha value is -0.0800. The van der Waals surface area contributed by atoms with Gasteiger partial charge >= 0.3 is 0 Å². The summed E-state index contributed by atoms with van der Waals surface area (Å²) in [5.74, 6) is 2.47. The maximum atomic E-state index is 11.2. The molecule has 22 heavy (non-hydrogen) atoms. The first-order valence-corrected chi connectivity index (χ1v) is 9.64. The minimum absolute atomic E-state index is 0.00455. The molecule has 0 spiro atoms. The zero-order valence-corrected chi connectivity index (χ0v) is 15.7. The van der Waals surface area contributed by atoms with Gasteiger partial charge in [-0.25, -0.2) is 0 Å². The van der Waals surface area contributed by atoms with E-state index in [2.05, 4.69) is 39.5 Å². The predicted octanol–water partition coefficient (Wildman–Crippen LogP) is 4.71. The van der Waals surface area contributed by atoms with Gasteiger partial charge in [0.2, 0.25) is 0 Å². The van der Waals surface area contributed by atoms with E-state index in [-0.39, 0.29) is 5.41 Å². The second kappa shape index (κ2) is 7.21. The van der Waals surface area contributed by atoms with Crippen molar-refractivity contribution in [1.29, 1.82) is 0 Å². The SMILES string of the molecule is CC1CCCC(CC(C)(C)C(C)(O)CN2CCCC(C)C2)C1. The van der Waals surface area contributed by atoms with Gasteiger partial charge in [-0.05, 0) is 62.3 Å². The van der Waals surface area contributed by atoms with E-state index in [4.69, 9.17) is 0 Å². The first kappa shape index (κ1) is 18.3. The summed E-state index contributed by atoms with van der Waals surface area (Å²) in [4.78, 5) is 2.50. The molecule has 4 unspecified atom stereocenters. The van der Waals surface area contributed by atoms with Crippen LogP contribution in [0, 0.1) is 23.2 Å². The Morgan fingerprint density at radius 3 is 2.32 bits per heavy atom. The van der Waals surface area contributed by atoms with Gasteiger partial charge in [0.15, 0.2) is 0 Å². The zero-order chi connectivity index (χ0) is 16.4. The number of aliphatic hydroxyl groups is 1. The molecule has 1 aliphatic carbocycles. The van der Waals surface area contributed by atoms with E-state index in [9.17, 15) is 5.11 Å². The van der Waals surface area contributed by atoms with Crippen LogP contribution in [0.4, 0.5) is 0 Å². The molecule has 2 heteroatoms. The molecule has 2 rings (SSSR count). The van der Waals surface area contributed by atoms with Crippen LogP contribution in [0.15, 0.2) is 0 Å². The third kappa shape index (κ3) is 4.71. The molecule has 0 aromatic heterocycles. The number of hydrogen-bond donors (Lipinski definition) is 1. The minimum Gasteiger partial charge on any atom is -0.388 e. The molecule has 130 valence electrons. The van der Waals surface area contributed by atoms with E-state index in [0.29, 0.717) is 0 Å². The van der Waals surface area contributed by atoms with E-state index in [1.807, 2.05) is 0 Å². The van der Waals surface area contributed by atoms with Crippen molar-refractivity contribution in [3.05, 3.63) is 0 Å². The quantitative estimate of drug-likeness (QED) is 0.795. The normalized spacial score (nSPS) is 34.4. The van der Waals surface area contributed by atoms with Crippen LogP contribution in [0.25, 0.3) is 0 Å². The van der Waals surface area contributed by atoms with Gasteiger partial charge < -0.3 is 10.0 Å². The summed E-state index contributed by atoms with van der Waals surface area (Å²) in [7, 11) is 0. The van der Waals surface area contributed by atoms with Crippen molar-refractivity contribution in [3.8, 4) is 0 Å². The van der Waals surface area contributed by atoms with Crippen LogP contribution in [0.2, 0.25) is 0 Å². The molecular formula is C20H39NO. The van der Waals surface area contributed by atoms with Crippen molar-refractivity contribution >= 4 is 0 Å². The topological polar surface area (TPSA) is 23.5 Å². The fourth-order valence-corrected chi connectivity index (χ4v) is 4.77. The van der Waals surface area contributed by atoms with Gasteiger partial charge in [0.25, 0.3) is 0 Å². The highest BCUT2D eigenvalue weighted by molar-refractivity contribution is 4.94. The third-order valence-corrected chi connectivity index (χ3v) is 6.57. The first-order chi connectivity index (χ1) is 10.2. The Morgan fingerprint density at radius 2 is 1.68 bits per heavy atom. The van der Waals surface area contributed by atoms with E-state index < -0.39 is 5.60 Å². The molecule has 1 heterocycles. The molecule has 2 aliphatic rings. The fraction of sp³-hybridized carbons (Fsp3) is 1.00. The molecule has 0 radical (unpaired) electrons. The summed E-state index contributed by atoms with van der Waals surface area (Å²) in [6, 6.07) is 0. The molecule has 4 atom stereocenters. The van der Waals surface area contributed by atoms with Gasteiger partial charge in [0.05, 0.1) is 5.60 Å². The van der Waals surface area contributed by atoms with Crippen molar-refractivity contribution in [3.63, 3.8) is 0 Å². The lowest BCUT2D eigenvalue weighted by Crippen LogP contribution is -2.53. The van der Waals surface area contributed by atoms with Crippen LogP contribution < -0.4 is 0 Å². The molecular weight excluding hydrogens is 270 g/mol. The number of piperidine rings is 1. The van der Waals surface area contributed by atoms with Crippen molar-refractivity contribution in [1.82, 2.24) is 4.90 Å². The number of nitrogens with zero attached hydrogens (tertiary/aromatic N) is 1. The van der Waals surface area contributed by atoms with E-state index >= 15 is 0 Å². The smallest absolute Gasteiger partial charge is 0.0796 e. The largest absolute Gasteiger partial charge is 0.388 e. The summed E-state index contributed by atoms with van der Waals surface area (Å²) in [5, 5.41) is 11.2. The van der Waals surface area contributed by atoms with Gasteiger partial charge in [-0.15, -0.1) is 0 Å². The molecule has 0 amide bonds. The van der Waals surface area contributed by atoms with Crippen LogP contribution in [0.1, 0.15) is 79.6 Å². The summed E-state index contributed by atoms with van der Waals surface area (Å²) in [5.41, 5.74) is -0.597. The number of hydrogen-bond acceptors (Lipinski definition) is 2. The lowest BCUT2D eigenvalue weighted by atomic mass is 9.66. The van der Waals surface area contributed by atoms with Crippen LogP contribution >= 0.6 is 0 Å². The first-order valence-electron chi connectivity index (χ1n) is 9.64. The number of likely N-dealkylation sites (tertiary alicyclic amines) is 1. The Kier molecular flexibility index (Phi) is 5.99. The van der Waals surface area contributed by atoms with Crippen molar-refractivity contribution in [2.75, 3.05) is 19.6 Å². The summed E-state index contributed by atoms with van der Waals surface area (Å²) < 4.78 is 0. The summed E-state index contributed by atoms with van der Waals surface area (Å²) >= 11 is 0. The van der Waals surface area contributed by atoms with E-state index in [1.165, 1.54) is 44.9 Å². The van der Waals surface area contributed by atoms with E-state index in [1.54, 1.807) is 0 Å². The van der Waals surface area contributed by atoms with Crippen molar-refractivity contribution in [2.45, 2.75) is 85.2 Å². The molecule has 0 aromatic rings. The van der Waals surface area contributed by atoms with Crippen LogP contribution in [0.3, 0.4) is 0 Å². The monoisotopic (exact) mass is 309 g/mol. The van der Waals surface area contributed by atoms with Crippen LogP contribution in [-0.4, -0.2) is 35.2 Å². The number of β-amino-alcohol motifs (C(OH)–C–C–N with tert-alkyl or cyclic N) is 1. The highest BCUT2D eigenvalue weighted by Crippen LogP contribution is 2.43. The summed E-state index contributed by atoms with van der Waals surface area (Å²) in [6.07, 6.45) is 9.32. The molecule has 2 nitrogen and oxygen atoms in total. The van der Waals surface area contributed by atoms with Gasteiger partial charge in [-0.3, -0.25) is 0 Å². The number of rotatable bonds is 5. The average Bonchev–Trinajstić information content (AvgIpc) is 2.37. The van der Waals surface area contributed by atoms with Gasteiger partial charge in [-0.2, -0.15) is 0 Å². The predicted molar refractivity (Wildman–Crippen MR) is 95.0 cm³/mol. The fourth-order valence-electron chi connectivity index (χ4n) is 4.77. The Morgan fingerprint density at radius 1 is 1.00 bits per heavy atom. The minimum atomic E-state index is -0.593. The maximum Gasteiger partial charge on any atom is 0.0796 e. The molecule has 0 aromatic carbocycles. The average molecular weight is 310 g/mol. The van der Waals surface area contributed by atoms with Crippen LogP contribution in [-0.2, 0) is 0 Å². The molecule has 1 saturated heterocycles. The lowest BCUT2D eigenvalue weighted by Gasteiger charge is -2.46. The summed E-state index contributed by atoms with van der Waals surface area (Å²) in [6.45, 7) is 14.6. The van der Waals surface area contributed by atoms with Gasteiger partial charge in [0.1, 0.15) is 0 Å². The molecule has 1 aliphatic heterocycles. The Balaban J connectivity index is 1.93. The van der Waals surface area contributed by atoms with E-state index in [0.717, 1.165) is 37.4 Å². The molecule has 2 fully saturated rings. The van der Waals surface area contributed by atoms with Crippen molar-refractivity contribution < 1.29 is 5.11 Å². The lowest BCUT2D eigenvalue weighted by molar-refractivity contribution is -0.0903. The second-order valence-electron chi connectivity index (χ2n) is 9.48.